The van der Waals surface area contributed by atoms with Crippen LogP contribution >= 0.6 is 0 Å². The molecule has 6 aromatic carbocycles. The van der Waals surface area contributed by atoms with Crippen molar-refractivity contribution >= 4 is 11.0 Å². The van der Waals surface area contributed by atoms with Gasteiger partial charge < -0.3 is 5.11 Å². The Bertz CT molecular complexity index is 2900. The van der Waals surface area contributed by atoms with Crippen molar-refractivity contribution in [3.05, 3.63) is 167 Å². The molecular formula is C53H50N3OPt-. The predicted molar refractivity (Wildman–Crippen MR) is 238 cm³/mol. The maximum absolute atomic E-state index is 11.7. The number of rotatable bonds is 6. The van der Waals surface area contributed by atoms with Crippen molar-refractivity contribution in [1.29, 1.82) is 0 Å². The van der Waals surface area contributed by atoms with Crippen molar-refractivity contribution in [3.63, 3.8) is 0 Å². The maximum Gasteiger partial charge on any atom is 0.148 e. The number of hydrogen-bond acceptors (Lipinski definition) is 3. The van der Waals surface area contributed by atoms with Crippen LogP contribution in [0, 0.1) is 26.8 Å². The standard InChI is InChI=1S/C53H50N3O.Pt/c1-33-18-23-47(44(27-33)37-14-11-10-12-15-37)56-48-17-13-16-43(49(48)55-51(56)45-28-34(2)26-35(3)50(45)57)39-29-40(31-42(30-39)53(7,8)9)46-32-38(24-25-54-46)36-19-21-41(22-20-36)52(4,5)6;/h10-28,30-32,57H,1-9H3;/q-1;/i1D3;. The van der Waals surface area contributed by atoms with E-state index in [2.05, 4.69) is 107 Å². The van der Waals surface area contributed by atoms with Crippen LogP contribution in [-0.2, 0) is 31.9 Å². The summed E-state index contributed by atoms with van der Waals surface area (Å²) >= 11 is 0. The quantitative estimate of drug-likeness (QED) is 0.169. The second-order valence-corrected chi connectivity index (χ2v) is 17.2. The van der Waals surface area contributed by atoms with Crippen molar-refractivity contribution in [3.8, 4) is 67.5 Å². The summed E-state index contributed by atoms with van der Waals surface area (Å²) in [5.41, 5.74) is 14.3. The molecule has 0 unspecified atom stereocenters. The molecule has 8 aromatic rings. The topological polar surface area (TPSA) is 50.9 Å². The summed E-state index contributed by atoms with van der Waals surface area (Å²) in [6, 6.07) is 46.3. The summed E-state index contributed by atoms with van der Waals surface area (Å²) in [6.45, 7) is 14.9. The van der Waals surface area contributed by atoms with Crippen molar-refractivity contribution < 1.29 is 30.3 Å². The first-order valence-corrected chi connectivity index (χ1v) is 19.5. The number of aromatic nitrogens is 3. The van der Waals surface area contributed by atoms with E-state index in [1.165, 1.54) is 5.56 Å². The molecule has 0 radical (unpaired) electrons. The molecule has 1 N–H and O–H groups in total. The van der Waals surface area contributed by atoms with Crippen LogP contribution in [0.4, 0.5) is 0 Å². The van der Waals surface area contributed by atoms with Crippen LogP contribution in [0.15, 0.2) is 134 Å². The van der Waals surface area contributed by atoms with E-state index in [9.17, 15) is 5.11 Å². The van der Waals surface area contributed by atoms with Gasteiger partial charge in [-0.1, -0.05) is 143 Å². The Balaban J connectivity index is 0.00000561. The van der Waals surface area contributed by atoms with E-state index in [-0.39, 0.29) is 43.2 Å². The van der Waals surface area contributed by atoms with Gasteiger partial charge in [0.1, 0.15) is 11.6 Å². The first-order chi connectivity index (χ1) is 28.4. The molecule has 294 valence electrons. The molecular weight excluding hydrogens is 890 g/mol. The van der Waals surface area contributed by atoms with Gasteiger partial charge in [0.2, 0.25) is 0 Å². The van der Waals surface area contributed by atoms with E-state index in [0.29, 0.717) is 11.4 Å². The fraction of sp³-hybridized carbons (Fsp3) is 0.208. The molecule has 5 heteroatoms. The Morgan fingerprint density at radius 2 is 1.33 bits per heavy atom. The number of para-hydroxylation sites is 1. The van der Waals surface area contributed by atoms with E-state index >= 15 is 0 Å². The van der Waals surface area contributed by atoms with Crippen LogP contribution in [0.5, 0.6) is 5.75 Å². The van der Waals surface area contributed by atoms with Crippen LogP contribution in [0.25, 0.3) is 72.7 Å². The molecule has 0 saturated heterocycles. The molecule has 0 amide bonds. The Hall–Kier alpha value is -5.57. The molecule has 58 heavy (non-hydrogen) atoms. The van der Waals surface area contributed by atoms with E-state index in [4.69, 9.17) is 14.1 Å². The predicted octanol–water partition coefficient (Wildman–Crippen LogP) is 13.8. The minimum Gasteiger partial charge on any atom is -0.507 e. The fourth-order valence-corrected chi connectivity index (χ4v) is 7.66. The minimum absolute atomic E-state index is 0. The molecule has 0 aliphatic rings. The first kappa shape index (κ1) is 36.7. The summed E-state index contributed by atoms with van der Waals surface area (Å²) in [6.07, 6.45) is 1.87. The molecule has 4 nitrogen and oxygen atoms in total. The van der Waals surface area contributed by atoms with Crippen LogP contribution in [0.2, 0.25) is 0 Å². The average molecular weight is 943 g/mol. The van der Waals surface area contributed by atoms with E-state index in [1.54, 1.807) is 12.1 Å². The Kier molecular flexibility index (Phi) is 9.91. The number of hydrogen-bond donors (Lipinski definition) is 1. The molecule has 0 aliphatic heterocycles. The monoisotopic (exact) mass is 942 g/mol. The number of aryl methyl sites for hydroxylation is 3. The largest absolute Gasteiger partial charge is 0.507 e. The molecule has 2 heterocycles. The van der Waals surface area contributed by atoms with Gasteiger partial charge in [-0.15, -0.1) is 29.3 Å². The molecule has 0 saturated carbocycles. The fourth-order valence-electron chi connectivity index (χ4n) is 7.66. The molecule has 0 aliphatic carbocycles. The first-order valence-electron chi connectivity index (χ1n) is 21.0. The SMILES string of the molecule is [2H]C([2H])([2H])c1ccc(-n2c(-c3cc(C)cc(C)c3O)nc3c(-c4[c-]c(-c5cc(-c6ccc(C(C)(C)C)cc6)ccn5)cc(C(C)(C)C)c4)cccc32)c(-c2ccccc2)c1.[Pt]. The molecule has 2 aromatic heterocycles. The van der Waals surface area contributed by atoms with Gasteiger partial charge in [-0.3, -0.25) is 9.55 Å². The van der Waals surface area contributed by atoms with Gasteiger partial charge >= 0.3 is 0 Å². The Morgan fingerprint density at radius 1 is 0.621 bits per heavy atom. The number of pyridine rings is 1. The zero-order valence-corrected chi connectivity index (χ0v) is 36.6. The van der Waals surface area contributed by atoms with E-state index < -0.39 is 6.85 Å². The number of fused-ring (bicyclic) bond motifs is 1. The number of phenolic OH excluding ortho intramolecular Hbond substituents is 1. The second-order valence-electron chi connectivity index (χ2n) is 17.2. The number of imidazole rings is 1. The third-order valence-electron chi connectivity index (χ3n) is 10.8. The van der Waals surface area contributed by atoms with Crippen LogP contribution < -0.4 is 0 Å². The third-order valence-corrected chi connectivity index (χ3v) is 10.8. The molecule has 0 fully saturated rings. The van der Waals surface area contributed by atoms with Crippen LogP contribution in [-0.4, -0.2) is 19.6 Å². The molecule has 0 spiro atoms. The van der Waals surface area contributed by atoms with Gasteiger partial charge in [0, 0.05) is 42.6 Å². The van der Waals surface area contributed by atoms with E-state index in [0.717, 1.165) is 78.0 Å². The van der Waals surface area contributed by atoms with Gasteiger partial charge in [-0.05, 0) is 95.2 Å². The van der Waals surface area contributed by atoms with Gasteiger partial charge in [-0.25, -0.2) is 4.98 Å². The summed E-state index contributed by atoms with van der Waals surface area (Å²) in [5, 5.41) is 11.7. The minimum atomic E-state index is -2.31. The zero-order valence-electron chi connectivity index (χ0n) is 37.3. The third kappa shape index (κ3) is 7.83. The zero-order chi connectivity index (χ0) is 42.7. The smallest absolute Gasteiger partial charge is 0.148 e. The Labute approximate surface area is 362 Å². The number of phenols is 1. The van der Waals surface area contributed by atoms with Gasteiger partial charge in [0.15, 0.2) is 0 Å². The van der Waals surface area contributed by atoms with Crippen molar-refractivity contribution in [2.24, 2.45) is 0 Å². The van der Waals surface area contributed by atoms with Crippen molar-refractivity contribution in [2.45, 2.75) is 73.1 Å². The number of nitrogens with zero attached hydrogens (tertiary/aromatic N) is 3. The second kappa shape index (κ2) is 15.6. The maximum atomic E-state index is 11.7. The molecule has 0 atom stereocenters. The number of benzene rings is 6. The summed E-state index contributed by atoms with van der Waals surface area (Å²) in [4.78, 5) is 10.3. The summed E-state index contributed by atoms with van der Waals surface area (Å²) < 4.78 is 26.9. The summed E-state index contributed by atoms with van der Waals surface area (Å²) in [5.74, 6) is 0.682. The normalized spacial score (nSPS) is 12.8. The number of aromatic hydroxyl groups is 1. The molecule has 0 bridgehead atoms. The van der Waals surface area contributed by atoms with Crippen LogP contribution in [0.3, 0.4) is 0 Å². The Morgan fingerprint density at radius 3 is 2.03 bits per heavy atom. The van der Waals surface area contributed by atoms with Gasteiger partial charge in [-0.2, -0.15) is 0 Å². The van der Waals surface area contributed by atoms with Crippen molar-refractivity contribution in [2.75, 3.05) is 0 Å². The van der Waals surface area contributed by atoms with E-state index in [1.807, 2.05) is 80.7 Å². The van der Waals surface area contributed by atoms with Crippen molar-refractivity contribution in [1.82, 2.24) is 14.5 Å². The van der Waals surface area contributed by atoms with Gasteiger partial charge in [0.05, 0.1) is 22.3 Å². The average Bonchev–Trinajstić information content (AvgIpc) is 3.60. The summed E-state index contributed by atoms with van der Waals surface area (Å²) in [7, 11) is 0. The van der Waals surface area contributed by atoms with Crippen LogP contribution in [0.1, 0.15) is 73.5 Å². The van der Waals surface area contributed by atoms with Gasteiger partial charge in [0.25, 0.3) is 0 Å². The molecule has 8 rings (SSSR count).